The number of nitrogens with one attached hydrogen (secondary N) is 1. The van der Waals surface area contributed by atoms with Gasteiger partial charge in [0.05, 0.1) is 12.0 Å². The van der Waals surface area contributed by atoms with Crippen molar-refractivity contribution in [1.29, 1.82) is 0 Å². The number of benzene rings is 3. The molecule has 0 fully saturated rings. The van der Waals surface area contributed by atoms with Gasteiger partial charge in [-0.2, -0.15) is 5.10 Å². The first kappa shape index (κ1) is 21.7. The molecule has 2 heterocycles. The van der Waals surface area contributed by atoms with Gasteiger partial charge in [0, 0.05) is 11.3 Å². The lowest BCUT2D eigenvalue weighted by atomic mass is 10.2. The van der Waals surface area contributed by atoms with Crippen LogP contribution in [0.4, 0.5) is 0 Å². The summed E-state index contributed by atoms with van der Waals surface area (Å²) in [6, 6.07) is 25.2. The lowest BCUT2D eigenvalue weighted by molar-refractivity contribution is -0.118. The van der Waals surface area contributed by atoms with Crippen molar-refractivity contribution in [2.45, 2.75) is 5.16 Å². The van der Waals surface area contributed by atoms with Crippen molar-refractivity contribution in [3.63, 3.8) is 0 Å². The zero-order valence-corrected chi connectivity index (χ0v) is 18.9. The van der Waals surface area contributed by atoms with Crippen LogP contribution < -0.4 is 14.9 Å². The van der Waals surface area contributed by atoms with E-state index in [0.29, 0.717) is 35.7 Å². The molecule has 9 heteroatoms. The molecule has 34 heavy (non-hydrogen) atoms. The van der Waals surface area contributed by atoms with Crippen LogP contribution in [0, 0.1) is 0 Å². The quantitative estimate of drug-likeness (QED) is 0.249. The van der Waals surface area contributed by atoms with E-state index in [9.17, 15) is 4.79 Å². The fraction of sp³-hybridized carbons (Fsp3) is 0.120. The van der Waals surface area contributed by atoms with Gasteiger partial charge in [-0.05, 0) is 35.9 Å². The average Bonchev–Trinajstić information content (AvgIpc) is 3.32. The van der Waals surface area contributed by atoms with E-state index < -0.39 is 0 Å². The first-order valence-corrected chi connectivity index (χ1v) is 11.7. The Bertz CT molecular complexity index is 1310. The summed E-state index contributed by atoms with van der Waals surface area (Å²) in [4.78, 5) is 12.4. The first-order valence-electron chi connectivity index (χ1n) is 10.7. The van der Waals surface area contributed by atoms with Crippen molar-refractivity contribution in [2.75, 3.05) is 19.0 Å². The molecule has 0 saturated carbocycles. The van der Waals surface area contributed by atoms with E-state index in [1.54, 1.807) is 6.21 Å². The van der Waals surface area contributed by atoms with Gasteiger partial charge in [0.1, 0.15) is 13.2 Å². The summed E-state index contributed by atoms with van der Waals surface area (Å²) in [5.41, 5.74) is 5.22. The molecule has 1 aliphatic rings. The van der Waals surface area contributed by atoms with E-state index in [1.165, 1.54) is 11.8 Å². The second kappa shape index (κ2) is 10.2. The Morgan fingerprint density at radius 1 is 0.971 bits per heavy atom. The lowest BCUT2D eigenvalue weighted by Gasteiger charge is -2.18. The van der Waals surface area contributed by atoms with Crippen LogP contribution in [0.5, 0.6) is 11.5 Å². The molecule has 3 aromatic carbocycles. The molecule has 0 spiro atoms. The van der Waals surface area contributed by atoms with Crippen molar-refractivity contribution in [3.05, 3.63) is 84.4 Å². The Hall–Kier alpha value is -4.11. The molecular formula is C25H21N5O3S. The maximum Gasteiger partial charge on any atom is 0.250 e. The van der Waals surface area contributed by atoms with Crippen molar-refractivity contribution in [3.8, 4) is 28.6 Å². The highest BCUT2D eigenvalue weighted by Crippen LogP contribution is 2.30. The summed E-state index contributed by atoms with van der Waals surface area (Å²) in [7, 11) is 0. The second-order valence-corrected chi connectivity index (χ2v) is 8.27. The molecule has 5 rings (SSSR count). The van der Waals surface area contributed by atoms with Gasteiger partial charge in [-0.25, -0.2) is 5.43 Å². The number of thioether (sulfide) groups is 1. The summed E-state index contributed by atoms with van der Waals surface area (Å²) < 4.78 is 13.0. The van der Waals surface area contributed by atoms with Crippen LogP contribution in [-0.2, 0) is 4.79 Å². The van der Waals surface area contributed by atoms with Crippen molar-refractivity contribution >= 4 is 23.9 Å². The molecule has 170 valence electrons. The number of hydrogen-bond donors (Lipinski definition) is 1. The van der Waals surface area contributed by atoms with Gasteiger partial charge in [-0.15, -0.1) is 10.2 Å². The van der Waals surface area contributed by atoms with Gasteiger partial charge < -0.3 is 9.47 Å². The summed E-state index contributed by atoms with van der Waals surface area (Å²) in [5.74, 6) is 1.99. The highest BCUT2D eigenvalue weighted by atomic mass is 32.2. The van der Waals surface area contributed by atoms with E-state index in [4.69, 9.17) is 9.47 Å². The van der Waals surface area contributed by atoms with E-state index in [0.717, 1.165) is 16.8 Å². The SMILES string of the molecule is O=C(CSc1nnc(-c2ccccc2)n1-c1ccccc1)N/N=C\c1ccc2c(c1)OCCO2. The molecule has 4 aromatic rings. The van der Waals surface area contributed by atoms with Crippen LogP contribution in [0.25, 0.3) is 17.1 Å². The van der Waals surface area contributed by atoms with Crippen molar-refractivity contribution in [1.82, 2.24) is 20.2 Å². The van der Waals surface area contributed by atoms with Crippen molar-refractivity contribution < 1.29 is 14.3 Å². The minimum Gasteiger partial charge on any atom is -0.486 e. The number of aromatic nitrogens is 3. The van der Waals surface area contributed by atoms with Crippen LogP contribution in [-0.4, -0.2) is 45.9 Å². The number of carbonyl (C=O) groups is 1. The normalized spacial score (nSPS) is 12.6. The molecular weight excluding hydrogens is 450 g/mol. The van der Waals surface area contributed by atoms with Gasteiger partial charge in [-0.1, -0.05) is 60.3 Å². The maximum atomic E-state index is 12.4. The molecule has 1 amide bonds. The van der Waals surface area contributed by atoms with Gasteiger partial charge in [-0.3, -0.25) is 9.36 Å². The number of para-hydroxylation sites is 1. The Balaban J connectivity index is 1.26. The van der Waals surface area contributed by atoms with Crippen LogP contribution in [0.15, 0.2) is 89.1 Å². The number of hydrazone groups is 1. The molecule has 0 saturated heterocycles. The van der Waals surface area contributed by atoms with E-state index >= 15 is 0 Å². The third kappa shape index (κ3) is 4.94. The van der Waals surface area contributed by atoms with Crippen LogP contribution in [0.3, 0.4) is 0 Å². The molecule has 1 N–H and O–H groups in total. The number of fused-ring (bicyclic) bond motifs is 1. The third-order valence-electron chi connectivity index (χ3n) is 4.98. The number of rotatable bonds is 7. The standard InChI is InChI=1S/C25H21N5O3S/c31-23(27-26-16-18-11-12-21-22(15-18)33-14-13-32-21)17-34-25-29-28-24(19-7-3-1-4-8-19)30(25)20-9-5-2-6-10-20/h1-12,15-16H,13-14,17H2,(H,27,31)/b26-16-. The minimum absolute atomic E-state index is 0.137. The third-order valence-corrected chi connectivity index (χ3v) is 5.91. The number of nitrogens with zero attached hydrogens (tertiary/aromatic N) is 4. The van der Waals surface area contributed by atoms with E-state index in [-0.39, 0.29) is 11.7 Å². The zero-order valence-electron chi connectivity index (χ0n) is 18.1. The Kier molecular flexibility index (Phi) is 6.53. The molecule has 1 aliphatic heterocycles. The predicted molar refractivity (Wildman–Crippen MR) is 131 cm³/mol. The maximum absolute atomic E-state index is 12.4. The highest BCUT2D eigenvalue weighted by Gasteiger charge is 2.17. The van der Waals surface area contributed by atoms with Crippen LogP contribution in [0.2, 0.25) is 0 Å². The summed E-state index contributed by atoms with van der Waals surface area (Å²) >= 11 is 1.30. The molecule has 1 aromatic heterocycles. The van der Waals surface area contributed by atoms with E-state index in [2.05, 4.69) is 20.7 Å². The summed E-state index contributed by atoms with van der Waals surface area (Å²) in [6.45, 7) is 1.06. The molecule has 0 atom stereocenters. The Morgan fingerprint density at radius 3 is 2.50 bits per heavy atom. The highest BCUT2D eigenvalue weighted by molar-refractivity contribution is 7.99. The number of carbonyl (C=O) groups excluding carboxylic acids is 1. The van der Waals surface area contributed by atoms with Crippen molar-refractivity contribution in [2.24, 2.45) is 5.10 Å². The largest absolute Gasteiger partial charge is 0.486 e. The Morgan fingerprint density at radius 2 is 1.71 bits per heavy atom. The zero-order chi connectivity index (χ0) is 23.2. The molecule has 8 nitrogen and oxygen atoms in total. The Labute approximate surface area is 200 Å². The summed E-state index contributed by atoms with van der Waals surface area (Å²) in [5, 5.41) is 13.4. The molecule has 0 aliphatic carbocycles. The molecule has 0 unspecified atom stereocenters. The van der Waals surface area contributed by atoms with Crippen LogP contribution in [0.1, 0.15) is 5.56 Å². The first-order chi connectivity index (χ1) is 16.8. The lowest BCUT2D eigenvalue weighted by Crippen LogP contribution is -2.20. The number of hydrogen-bond acceptors (Lipinski definition) is 7. The molecule has 0 radical (unpaired) electrons. The van der Waals surface area contributed by atoms with Gasteiger partial charge in [0.15, 0.2) is 22.5 Å². The average molecular weight is 472 g/mol. The number of amides is 1. The summed E-state index contributed by atoms with van der Waals surface area (Å²) in [6.07, 6.45) is 1.57. The van der Waals surface area contributed by atoms with E-state index in [1.807, 2.05) is 83.4 Å². The second-order valence-electron chi connectivity index (χ2n) is 7.33. The number of ether oxygens (including phenoxy) is 2. The monoisotopic (exact) mass is 471 g/mol. The minimum atomic E-state index is -0.248. The molecule has 0 bridgehead atoms. The predicted octanol–water partition coefficient (Wildman–Crippen LogP) is 3.95. The fourth-order valence-corrected chi connectivity index (χ4v) is 4.17. The van der Waals surface area contributed by atoms with Gasteiger partial charge in [0.2, 0.25) is 0 Å². The smallest absolute Gasteiger partial charge is 0.250 e. The van der Waals surface area contributed by atoms with Gasteiger partial charge in [0.25, 0.3) is 5.91 Å². The van der Waals surface area contributed by atoms with Crippen LogP contribution >= 0.6 is 11.8 Å². The topological polar surface area (TPSA) is 90.6 Å². The fourth-order valence-electron chi connectivity index (χ4n) is 3.43. The van der Waals surface area contributed by atoms with Gasteiger partial charge >= 0.3 is 0 Å².